The van der Waals surface area contributed by atoms with Crippen molar-refractivity contribution in [3.8, 4) is 5.75 Å². The number of pyridine rings is 1. The summed E-state index contributed by atoms with van der Waals surface area (Å²) in [6.07, 6.45) is 2.32. The third-order valence-electron chi connectivity index (χ3n) is 1.82. The number of rotatable bonds is 3. The summed E-state index contributed by atoms with van der Waals surface area (Å²) in [5.74, 6) is -2.47. The van der Waals surface area contributed by atoms with Crippen LogP contribution in [0.4, 0.5) is 8.78 Å². The van der Waals surface area contributed by atoms with Gasteiger partial charge >= 0.3 is 0 Å². The van der Waals surface area contributed by atoms with E-state index in [1.807, 2.05) is 0 Å². The average molecular weight is 187 g/mol. The molecule has 0 saturated heterocycles. The van der Waals surface area contributed by atoms with E-state index in [4.69, 9.17) is 4.74 Å². The second-order valence-electron chi connectivity index (χ2n) is 2.67. The van der Waals surface area contributed by atoms with Crippen LogP contribution in [-0.2, 0) is 5.92 Å². The van der Waals surface area contributed by atoms with Crippen LogP contribution < -0.4 is 4.74 Å². The topological polar surface area (TPSA) is 22.1 Å². The molecule has 0 aliphatic rings. The summed E-state index contributed by atoms with van der Waals surface area (Å²) < 4.78 is 31.0. The monoisotopic (exact) mass is 187 g/mol. The Morgan fingerprint density at radius 3 is 2.69 bits per heavy atom. The summed E-state index contributed by atoms with van der Waals surface area (Å²) in [6.45, 7) is 1.43. The highest BCUT2D eigenvalue weighted by molar-refractivity contribution is 5.26. The van der Waals surface area contributed by atoms with E-state index < -0.39 is 5.92 Å². The van der Waals surface area contributed by atoms with Gasteiger partial charge in [-0.1, -0.05) is 6.92 Å². The van der Waals surface area contributed by atoms with Gasteiger partial charge < -0.3 is 4.74 Å². The second-order valence-corrected chi connectivity index (χ2v) is 2.67. The highest BCUT2D eigenvalue weighted by Crippen LogP contribution is 2.32. The van der Waals surface area contributed by atoms with Crippen LogP contribution in [0.25, 0.3) is 0 Å². The molecule has 0 aromatic carbocycles. The van der Waals surface area contributed by atoms with Crippen molar-refractivity contribution in [1.82, 2.24) is 4.98 Å². The van der Waals surface area contributed by atoms with Crippen LogP contribution in [0.15, 0.2) is 18.5 Å². The third-order valence-corrected chi connectivity index (χ3v) is 1.82. The van der Waals surface area contributed by atoms with Crippen molar-refractivity contribution >= 4 is 0 Å². The van der Waals surface area contributed by atoms with Crippen LogP contribution in [0.2, 0.25) is 0 Å². The van der Waals surface area contributed by atoms with Gasteiger partial charge in [-0.3, -0.25) is 4.98 Å². The van der Waals surface area contributed by atoms with Gasteiger partial charge in [-0.2, -0.15) is 0 Å². The molecule has 72 valence electrons. The Morgan fingerprint density at radius 2 is 2.15 bits per heavy atom. The standard InChI is InChI=1S/C9H11F2NO/c1-3-9(10,11)7-4-8(13-2)6-12-5-7/h4-6H,3H2,1-2H3. The van der Waals surface area contributed by atoms with E-state index in [-0.39, 0.29) is 12.0 Å². The molecule has 1 aromatic heterocycles. The lowest BCUT2D eigenvalue weighted by Crippen LogP contribution is -2.11. The van der Waals surface area contributed by atoms with Crippen molar-refractivity contribution < 1.29 is 13.5 Å². The molecule has 0 amide bonds. The quantitative estimate of drug-likeness (QED) is 0.725. The number of ether oxygens (including phenoxy) is 1. The summed E-state index contributed by atoms with van der Waals surface area (Å²) in [6, 6.07) is 1.30. The van der Waals surface area contributed by atoms with Crippen LogP contribution in [0.1, 0.15) is 18.9 Å². The normalized spacial score (nSPS) is 11.4. The molecule has 0 aliphatic carbocycles. The van der Waals surface area contributed by atoms with Crippen LogP contribution in [0.5, 0.6) is 5.75 Å². The number of aromatic nitrogens is 1. The molecule has 0 N–H and O–H groups in total. The molecule has 0 aliphatic heterocycles. The van der Waals surface area contributed by atoms with E-state index >= 15 is 0 Å². The maximum Gasteiger partial charge on any atom is 0.274 e. The maximum atomic E-state index is 13.1. The SMILES string of the molecule is CCC(F)(F)c1cncc(OC)c1. The Bertz CT molecular complexity index is 289. The molecule has 1 aromatic rings. The van der Waals surface area contributed by atoms with Gasteiger partial charge in [0.05, 0.1) is 13.3 Å². The van der Waals surface area contributed by atoms with Gasteiger partial charge in [0.15, 0.2) is 0 Å². The van der Waals surface area contributed by atoms with E-state index in [9.17, 15) is 8.78 Å². The fourth-order valence-electron chi connectivity index (χ4n) is 0.935. The molecule has 0 bridgehead atoms. The van der Waals surface area contributed by atoms with Crippen molar-refractivity contribution in [2.75, 3.05) is 7.11 Å². The van der Waals surface area contributed by atoms with Crippen LogP contribution in [0.3, 0.4) is 0 Å². The molecule has 2 nitrogen and oxygen atoms in total. The zero-order valence-corrected chi connectivity index (χ0v) is 7.55. The lowest BCUT2D eigenvalue weighted by atomic mass is 10.1. The smallest absolute Gasteiger partial charge is 0.274 e. The van der Waals surface area contributed by atoms with E-state index in [1.54, 1.807) is 0 Å². The van der Waals surface area contributed by atoms with Crippen LogP contribution in [0, 0.1) is 0 Å². The third kappa shape index (κ3) is 2.14. The number of alkyl halides is 2. The minimum atomic E-state index is -2.82. The number of halogens is 2. The second kappa shape index (κ2) is 3.68. The first-order valence-corrected chi connectivity index (χ1v) is 3.97. The van der Waals surface area contributed by atoms with Crippen molar-refractivity contribution in [1.29, 1.82) is 0 Å². The molecule has 0 fully saturated rings. The molecule has 0 unspecified atom stereocenters. The first kappa shape index (κ1) is 9.89. The average Bonchev–Trinajstić information content (AvgIpc) is 2.18. The lowest BCUT2D eigenvalue weighted by Gasteiger charge is -2.14. The minimum absolute atomic E-state index is 0.102. The van der Waals surface area contributed by atoms with Crippen molar-refractivity contribution in [2.45, 2.75) is 19.3 Å². The molecule has 1 heterocycles. The molecule has 13 heavy (non-hydrogen) atoms. The molecular weight excluding hydrogens is 176 g/mol. The first-order valence-electron chi connectivity index (χ1n) is 3.97. The van der Waals surface area contributed by atoms with Crippen molar-refractivity contribution in [3.05, 3.63) is 24.0 Å². The van der Waals surface area contributed by atoms with E-state index in [0.717, 1.165) is 6.20 Å². The number of methoxy groups -OCH3 is 1. The molecule has 0 spiro atoms. The number of nitrogens with zero attached hydrogens (tertiary/aromatic N) is 1. The molecule has 0 radical (unpaired) electrons. The van der Waals surface area contributed by atoms with E-state index in [0.29, 0.717) is 5.75 Å². The minimum Gasteiger partial charge on any atom is -0.495 e. The zero-order valence-electron chi connectivity index (χ0n) is 7.55. The molecule has 4 heteroatoms. The van der Waals surface area contributed by atoms with Crippen molar-refractivity contribution in [3.63, 3.8) is 0 Å². The maximum absolute atomic E-state index is 13.1. The molecule has 1 rings (SSSR count). The summed E-state index contributed by atoms with van der Waals surface area (Å²) in [5.41, 5.74) is -0.102. The molecule has 0 saturated carbocycles. The van der Waals surface area contributed by atoms with Gasteiger partial charge in [0.25, 0.3) is 5.92 Å². The number of hydrogen-bond donors (Lipinski definition) is 0. The first-order chi connectivity index (χ1) is 6.10. The van der Waals surface area contributed by atoms with Crippen LogP contribution >= 0.6 is 0 Å². The van der Waals surface area contributed by atoms with Gasteiger partial charge in [-0.15, -0.1) is 0 Å². The number of hydrogen-bond acceptors (Lipinski definition) is 2. The fourth-order valence-corrected chi connectivity index (χ4v) is 0.935. The Balaban J connectivity index is 3.01. The van der Waals surface area contributed by atoms with E-state index in [2.05, 4.69) is 4.98 Å². The van der Waals surface area contributed by atoms with Crippen molar-refractivity contribution in [2.24, 2.45) is 0 Å². The highest BCUT2D eigenvalue weighted by Gasteiger charge is 2.29. The Labute approximate surface area is 75.6 Å². The van der Waals surface area contributed by atoms with Gasteiger partial charge in [0, 0.05) is 18.2 Å². The Morgan fingerprint density at radius 1 is 1.46 bits per heavy atom. The summed E-state index contributed by atoms with van der Waals surface area (Å²) in [5, 5.41) is 0. The Kier molecular flexibility index (Phi) is 2.80. The predicted molar refractivity (Wildman–Crippen MR) is 45.0 cm³/mol. The van der Waals surface area contributed by atoms with Crippen LogP contribution in [-0.4, -0.2) is 12.1 Å². The molecule has 0 atom stereocenters. The highest BCUT2D eigenvalue weighted by atomic mass is 19.3. The zero-order chi connectivity index (χ0) is 9.90. The summed E-state index contributed by atoms with van der Waals surface area (Å²) in [7, 11) is 1.42. The van der Waals surface area contributed by atoms with E-state index in [1.165, 1.54) is 26.3 Å². The largest absolute Gasteiger partial charge is 0.495 e. The summed E-state index contributed by atoms with van der Waals surface area (Å²) in [4.78, 5) is 3.66. The van der Waals surface area contributed by atoms with Gasteiger partial charge in [-0.25, -0.2) is 8.78 Å². The fraction of sp³-hybridized carbons (Fsp3) is 0.444. The lowest BCUT2D eigenvalue weighted by molar-refractivity contribution is -0.00881. The van der Waals surface area contributed by atoms with Gasteiger partial charge in [0.2, 0.25) is 0 Å². The summed E-state index contributed by atoms with van der Waals surface area (Å²) >= 11 is 0. The van der Waals surface area contributed by atoms with Gasteiger partial charge in [-0.05, 0) is 6.07 Å². The molecular formula is C9H11F2NO. The predicted octanol–water partition coefficient (Wildman–Crippen LogP) is 2.59. The van der Waals surface area contributed by atoms with Gasteiger partial charge in [0.1, 0.15) is 5.75 Å². The Hall–Kier alpha value is -1.19.